The van der Waals surface area contributed by atoms with Crippen molar-refractivity contribution in [3.8, 4) is 17.6 Å². The van der Waals surface area contributed by atoms with Crippen LogP contribution in [0.2, 0.25) is 0 Å². The Hall–Kier alpha value is -1.72. The van der Waals surface area contributed by atoms with Gasteiger partial charge in [0.05, 0.1) is 11.5 Å². The second-order valence-corrected chi connectivity index (χ2v) is 5.67. The van der Waals surface area contributed by atoms with Gasteiger partial charge in [0.15, 0.2) is 0 Å². The first-order valence-electron chi connectivity index (χ1n) is 6.59. The fourth-order valence-electron chi connectivity index (χ4n) is 1.60. The molecule has 98 valence electrons. The maximum atomic E-state index is 5.62. The van der Waals surface area contributed by atoms with Crippen molar-refractivity contribution in [3.05, 3.63) is 51.7 Å². The van der Waals surface area contributed by atoms with Crippen LogP contribution in [0.1, 0.15) is 35.1 Å². The van der Waals surface area contributed by atoms with Gasteiger partial charge in [0.25, 0.3) is 0 Å². The third-order valence-electron chi connectivity index (χ3n) is 2.69. The van der Waals surface area contributed by atoms with Gasteiger partial charge in [-0.25, -0.2) is 0 Å². The molecule has 2 aromatic rings. The van der Waals surface area contributed by atoms with E-state index in [1.807, 2.05) is 24.3 Å². The van der Waals surface area contributed by atoms with Crippen LogP contribution in [0.4, 0.5) is 0 Å². The van der Waals surface area contributed by atoms with E-state index in [2.05, 4.69) is 37.8 Å². The van der Waals surface area contributed by atoms with E-state index in [9.17, 15) is 0 Å². The minimum absolute atomic E-state index is 0.788. The van der Waals surface area contributed by atoms with Crippen molar-refractivity contribution in [2.24, 2.45) is 0 Å². The number of hydrogen-bond acceptors (Lipinski definition) is 2. The van der Waals surface area contributed by atoms with Gasteiger partial charge in [-0.15, -0.1) is 11.3 Å². The van der Waals surface area contributed by atoms with Gasteiger partial charge in [0.1, 0.15) is 5.75 Å². The average molecular weight is 270 g/mol. The lowest BCUT2D eigenvalue weighted by Crippen LogP contribution is -1.95. The minimum atomic E-state index is 0.788. The van der Waals surface area contributed by atoms with Crippen LogP contribution < -0.4 is 4.74 Å². The molecule has 1 nitrogen and oxygen atoms in total. The normalized spacial score (nSPS) is 9.79. The number of benzene rings is 1. The van der Waals surface area contributed by atoms with Crippen LogP contribution in [0, 0.1) is 18.8 Å². The molecule has 0 amide bonds. The van der Waals surface area contributed by atoms with Crippen LogP contribution in [-0.2, 0) is 0 Å². The van der Waals surface area contributed by atoms with Crippen molar-refractivity contribution in [3.63, 3.8) is 0 Å². The lowest BCUT2D eigenvalue weighted by molar-refractivity contribution is 0.309. The molecule has 2 rings (SSSR count). The third kappa shape index (κ3) is 4.46. The highest BCUT2D eigenvalue weighted by molar-refractivity contribution is 7.12. The minimum Gasteiger partial charge on any atom is -0.494 e. The molecular formula is C17H18OS. The first-order valence-corrected chi connectivity index (χ1v) is 7.41. The molecule has 1 aromatic carbocycles. The Morgan fingerprint density at radius 3 is 2.47 bits per heavy atom. The molecule has 0 N–H and O–H groups in total. The molecule has 0 atom stereocenters. The fraction of sp³-hybridized carbons (Fsp3) is 0.294. The molecule has 2 heteroatoms. The maximum absolute atomic E-state index is 5.62. The number of thiophene rings is 1. The van der Waals surface area contributed by atoms with Gasteiger partial charge in [-0.3, -0.25) is 0 Å². The Morgan fingerprint density at radius 1 is 1.05 bits per heavy atom. The Bertz CT molecular complexity index is 569. The second kappa shape index (κ2) is 7.01. The van der Waals surface area contributed by atoms with E-state index in [0.29, 0.717) is 0 Å². The average Bonchev–Trinajstić information content (AvgIpc) is 2.84. The van der Waals surface area contributed by atoms with E-state index >= 15 is 0 Å². The maximum Gasteiger partial charge on any atom is 0.119 e. The summed E-state index contributed by atoms with van der Waals surface area (Å²) >= 11 is 1.73. The molecule has 0 radical (unpaired) electrons. The number of ether oxygens (including phenoxy) is 1. The van der Waals surface area contributed by atoms with E-state index in [0.717, 1.165) is 35.6 Å². The standard InChI is InChI=1S/C17H18OS/c1-3-4-13-18-16-9-6-15(7-10-16)8-12-17-11-5-14(2)19-17/h5-7,9-11H,3-4,13H2,1-2H3. The van der Waals surface area contributed by atoms with Gasteiger partial charge in [-0.05, 0) is 49.7 Å². The lowest BCUT2D eigenvalue weighted by Gasteiger charge is -2.04. The summed E-state index contributed by atoms with van der Waals surface area (Å²) in [7, 11) is 0. The second-order valence-electron chi connectivity index (χ2n) is 4.39. The van der Waals surface area contributed by atoms with Gasteiger partial charge in [-0.1, -0.05) is 25.2 Å². The van der Waals surface area contributed by atoms with Crippen LogP contribution in [0.3, 0.4) is 0 Å². The summed E-state index contributed by atoms with van der Waals surface area (Å²) in [6.45, 7) is 5.04. The van der Waals surface area contributed by atoms with Crippen molar-refractivity contribution >= 4 is 11.3 Å². The highest BCUT2D eigenvalue weighted by atomic mass is 32.1. The molecule has 0 saturated carbocycles. The molecule has 0 aliphatic heterocycles. The quantitative estimate of drug-likeness (QED) is 0.581. The van der Waals surface area contributed by atoms with Gasteiger partial charge in [-0.2, -0.15) is 0 Å². The molecule has 0 spiro atoms. The zero-order valence-corrected chi connectivity index (χ0v) is 12.2. The highest BCUT2D eigenvalue weighted by Crippen LogP contribution is 2.15. The molecule has 0 bridgehead atoms. The van der Waals surface area contributed by atoms with Crippen molar-refractivity contribution < 1.29 is 4.74 Å². The monoisotopic (exact) mass is 270 g/mol. The van der Waals surface area contributed by atoms with Crippen LogP contribution >= 0.6 is 11.3 Å². The van der Waals surface area contributed by atoms with E-state index in [-0.39, 0.29) is 0 Å². The molecule has 19 heavy (non-hydrogen) atoms. The SMILES string of the molecule is CCCCOc1ccc(C#Cc2ccc(C)s2)cc1. The van der Waals surface area contributed by atoms with Gasteiger partial charge >= 0.3 is 0 Å². The van der Waals surface area contributed by atoms with Crippen molar-refractivity contribution in [1.29, 1.82) is 0 Å². The summed E-state index contributed by atoms with van der Waals surface area (Å²) in [6.07, 6.45) is 2.25. The third-order valence-corrected chi connectivity index (χ3v) is 3.61. The Labute approximate surface area is 119 Å². The van der Waals surface area contributed by atoms with Gasteiger partial charge < -0.3 is 4.74 Å². The zero-order valence-electron chi connectivity index (χ0n) is 11.4. The van der Waals surface area contributed by atoms with Crippen LogP contribution in [0.15, 0.2) is 36.4 Å². The van der Waals surface area contributed by atoms with Gasteiger partial charge in [0, 0.05) is 10.4 Å². The topological polar surface area (TPSA) is 9.23 Å². The molecular weight excluding hydrogens is 252 g/mol. The van der Waals surface area contributed by atoms with E-state index in [4.69, 9.17) is 4.74 Å². The Balaban J connectivity index is 1.97. The predicted octanol–water partition coefficient (Wildman–Crippen LogP) is 4.64. The largest absolute Gasteiger partial charge is 0.494 e. The smallest absolute Gasteiger partial charge is 0.119 e. The van der Waals surface area contributed by atoms with Crippen LogP contribution in [0.25, 0.3) is 0 Å². The van der Waals surface area contributed by atoms with E-state index in [1.165, 1.54) is 4.88 Å². The number of unbranched alkanes of at least 4 members (excludes halogenated alkanes) is 1. The summed E-state index contributed by atoms with van der Waals surface area (Å²) < 4.78 is 5.62. The molecule has 1 aromatic heterocycles. The van der Waals surface area contributed by atoms with Crippen LogP contribution in [-0.4, -0.2) is 6.61 Å². The Morgan fingerprint density at radius 2 is 1.84 bits per heavy atom. The first kappa shape index (κ1) is 13.7. The molecule has 0 unspecified atom stereocenters. The molecule has 0 saturated heterocycles. The summed E-state index contributed by atoms with van der Waals surface area (Å²) in [5.41, 5.74) is 1.02. The number of hydrogen-bond donors (Lipinski definition) is 0. The van der Waals surface area contributed by atoms with E-state index in [1.54, 1.807) is 11.3 Å². The molecule has 0 aliphatic carbocycles. The van der Waals surface area contributed by atoms with Gasteiger partial charge in [0.2, 0.25) is 0 Å². The number of aryl methyl sites for hydroxylation is 1. The molecule has 0 aliphatic rings. The Kier molecular flexibility index (Phi) is 5.06. The number of rotatable bonds is 4. The first-order chi connectivity index (χ1) is 9.28. The zero-order chi connectivity index (χ0) is 13.5. The fourth-order valence-corrected chi connectivity index (χ4v) is 2.33. The van der Waals surface area contributed by atoms with Crippen molar-refractivity contribution in [2.45, 2.75) is 26.7 Å². The molecule has 0 fully saturated rings. The summed E-state index contributed by atoms with van der Waals surface area (Å²) in [5, 5.41) is 0. The van der Waals surface area contributed by atoms with Crippen LogP contribution in [0.5, 0.6) is 5.75 Å². The lowest BCUT2D eigenvalue weighted by atomic mass is 10.2. The summed E-state index contributed by atoms with van der Waals surface area (Å²) in [4.78, 5) is 2.41. The summed E-state index contributed by atoms with van der Waals surface area (Å²) in [6, 6.07) is 12.1. The highest BCUT2D eigenvalue weighted by Gasteiger charge is 1.94. The van der Waals surface area contributed by atoms with Crippen molar-refractivity contribution in [1.82, 2.24) is 0 Å². The van der Waals surface area contributed by atoms with E-state index < -0.39 is 0 Å². The molecule has 1 heterocycles. The predicted molar refractivity (Wildman–Crippen MR) is 81.9 cm³/mol. The van der Waals surface area contributed by atoms with Crippen molar-refractivity contribution in [2.75, 3.05) is 6.61 Å². The summed E-state index contributed by atoms with van der Waals surface area (Å²) in [5.74, 6) is 7.28.